The van der Waals surface area contributed by atoms with Crippen LogP contribution in [0.25, 0.3) is 17.0 Å². The number of rotatable bonds is 1. The van der Waals surface area contributed by atoms with Crippen LogP contribution in [0.1, 0.15) is 117 Å². The van der Waals surface area contributed by atoms with Crippen LogP contribution in [0.2, 0.25) is 0 Å². The number of hydrogen-bond acceptors (Lipinski definition) is 6. The summed E-state index contributed by atoms with van der Waals surface area (Å²) in [5.74, 6) is 0.803. The highest BCUT2D eigenvalue weighted by Gasteiger charge is 2.87. The molecule has 4 aliphatic carbocycles. The minimum absolute atomic E-state index is 0.193. The van der Waals surface area contributed by atoms with Gasteiger partial charge in [0.15, 0.2) is 11.9 Å². The fourth-order valence-electron chi connectivity index (χ4n) is 13.1. The van der Waals surface area contributed by atoms with E-state index < -0.39 is 28.5 Å². The maximum Gasteiger partial charge on any atom is 0.178 e. The summed E-state index contributed by atoms with van der Waals surface area (Å²) in [6, 6.07) is 4.61. The lowest BCUT2D eigenvalue weighted by molar-refractivity contribution is -0.343. The number of aliphatic hydroxyl groups is 1. The molecule has 49 heavy (non-hydrogen) atoms. The van der Waals surface area contributed by atoms with Crippen molar-refractivity contribution < 1.29 is 28.8 Å². The summed E-state index contributed by atoms with van der Waals surface area (Å²) in [4.78, 5) is 4.03. The zero-order valence-electron chi connectivity index (χ0n) is 31.1. The van der Waals surface area contributed by atoms with Crippen LogP contribution in [0.5, 0.6) is 0 Å². The van der Waals surface area contributed by atoms with Gasteiger partial charge < -0.3 is 33.8 Å². The molecule has 0 bridgehead atoms. The Balaban J connectivity index is 1.06. The van der Waals surface area contributed by atoms with E-state index in [4.69, 9.17) is 23.7 Å². The van der Waals surface area contributed by atoms with Crippen molar-refractivity contribution in [1.29, 1.82) is 0 Å². The predicted molar refractivity (Wildman–Crippen MR) is 188 cm³/mol. The third-order valence-corrected chi connectivity index (χ3v) is 15.6. The molecule has 1 spiro atoms. The van der Waals surface area contributed by atoms with Crippen LogP contribution in [0, 0.1) is 17.3 Å². The van der Waals surface area contributed by atoms with Crippen LogP contribution >= 0.6 is 0 Å². The third-order valence-electron chi connectivity index (χ3n) is 15.6. The van der Waals surface area contributed by atoms with E-state index in [-0.39, 0.29) is 41.0 Å². The van der Waals surface area contributed by atoms with Gasteiger partial charge in [0.05, 0.1) is 22.9 Å². The van der Waals surface area contributed by atoms with Crippen LogP contribution in [-0.4, -0.2) is 68.8 Å². The first-order valence-corrected chi connectivity index (χ1v) is 19.0. The highest BCUT2D eigenvalue weighted by atomic mass is 16.8. The van der Waals surface area contributed by atoms with Crippen molar-refractivity contribution in [2.45, 2.75) is 172 Å². The van der Waals surface area contributed by atoms with Crippen molar-refractivity contribution in [2.75, 3.05) is 0 Å². The van der Waals surface area contributed by atoms with E-state index >= 15 is 0 Å². The Bertz CT molecular complexity index is 1880. The highest BCUT2D eigenvalue weighted by molar-refractivity contribution is 5.93. The van der Waals surface area contributed by atoms with Gasteiger partial charge in [-0.15, -0.1) is 0 Å². The molecule has 8 aliphatic rings. The Morgan fingerprint density at radius 2 is 1.65 bits per heavy atom. The maximum atomic E-state index is 13.5. The van der Waals surface area contributed by atoms with E-state index in [1.54, 1.807) is 0 Å². The van der Waals surface area contributed by atoms with Gasteiger partial charge in [0.25, 0.3) is 0 Å². The zero-order valence-corrected chi connectivity index (χ0v) is 31.1. The van der Waals surface area contributed by atoms with Crippen LogP contribution in [0.4, 0.5) is 0 Å². The number of aromatic nitrogens is 1. The van der Waals surface area contributed by atoms with E-state index in [0.717, 1.165) is 37.7 Å². The van der Waals surface area contributed by atoms with E-state index in [2.05, 4.69) is 92.4 Å². The van der Waals surface area contributed by atoms with E-state index in [9.17, 15) is 5.11 Å². The van der Waals surface area contributed by atoms with Crippen LogP contribution in [0.15, 0.2) is 29.4 Å². The van der Waals surface area contributed by atoms with Gasteiger partial charge in [-0.25, -0.2) is 0 Å². The fraction of sp³-hybridized carbons (Fsp3) is 0.714. The second-order valence-corrected chi connectivity index (χ2v) is 19.3. The summed E-state index contributed by atoms with van der Waals surface area (Å²) in [5.41, 5.74) is 5.89. The number of aromatic amines is 1. The van der Waals surface area contributed by atoms with Crippen molar-refractivity contribution in [1.82, 2.24) is 4.98 Å². The second-order valence-electron chi connectivity index (χ2n) is 19.3. The van der Waals surface area contributed by atoms with Gasteiger partial charge in [-0.1, -0.05) is 31.6 Å². The molecule has 2 saturated carbocycles. The molecule has 1 aromatic carbocycles. The molecule has 7 nitrogen and oxygen atoms in total. The number of H-pyrrole nitrogens is 1. The molecule has 5 heterocycles. The Morgan fingerprint density at radius 3 is 2.41 bits per heavy atom. The predicted octanol–water partition coefficient (Wildman–Crippen LogP) is 7.46. The molecule has 2 N–H and O–H groups in total. The second kappa shape index (κ2) is 9.13. The number of epoxide rings is 1. The SMILES string of the molecule is CC(C)=C[C@H]1O[C@@H]2[C@H](OC3CC[C@@]4(C)[C@@](O)(CCC5Cc6c([nH]c7ccc8c(c67)C[C@@H]6C(=C8)C(C)(C)OC6(C)C)[C@@]54C)[C@]34O[C@@H]24)C(C)(C)O1. The molecule has 0 radical (unpaired) electrons. The van der Waals surface area contributed by atoms with Crippen molar-refractivity contribution >= 4 is 17.0 Å². The summed E-state index contributed by atoms with van der Waals surface area (Å²) in [6.07, 6.45) is 8.46. The minimum atomic E-state index is -1.06. The first-order chi connectivity index (χ1) is 22.9. The van der Waals surface area contributed by atoms with Gasteiger partial charge in [-0.3, -0.25) is 0 Å². The minimum Gasteiger partial charge on any atom is -0.386 e. The molecule has 0 amide bonds. The standard InChI is InChI=1S/C42H55NO6/c1-21(2)17-30-46-32-34(38(7,8)47-30)45-29-14-15-39(9)40(10)23(13-16-41(39,44)42(29)35(32)48-42)19-25-31-24-20-27-26(36(3,4)49-37(27,5)6)18-22(24)11-12-28(31)43-33(25)40/h11-12,17-18,23,27,29-30,32,34-35,43-44H,13-16,19-20H2,1-10H3/t23?,27-,29?,30+,32-,34+,35+,39-,40-,41+,42+/m1/s1. The van der Waals surface area contributed by atoms with Gasteiger partial charge in [-0.2, -0.15) is 0 Å². The van der Waals surface area contributed by atoms with Crippen LogP contribution in [0.3, 0.4) is 0 Å². The Kier molecular flexibility index (Phi) is 5.91. The first kappa shape index (κ1) is 31.7. The molecule has 4 aliphatic heterocycles. The molecule has 2 aromatic rings. The lowest BCUT2D eigenvalue weighted by atomic mass is 9.40. The summed E-state index contributed by atoms with van der Waals surface area (Å²) >= 11 is 0. The monoisotopic (exact) mass is 669 g/mol. The lowest BCUT2D eigenvalue weighted by Gasteiger charge is -2.66. The molecule has 2 unspecified atom stereocenters. The van der Waals surface area contributed by atoms with E-state index in [0.29, 0.717) is 18.3 Å². The summed E-state index contributed by atoms with van der Waals surface area (Å²) < 4.78 is 33.6. The largest absolute Gasteiger partial charge is 0.386 e. The van der Waals surface area contributed by atoms with Gasteiger partial charge >= 0.3 is 0 Å². The number of fused-ring (bicyclic) bond motifs is 12. The number of hydrogen-bond donors (Lipinski definition) is 2. The summed E-state index contributed by atoms with van der Waals surface area (Å²) in [7, 11) is 0. The topological polar surface area (TPSA) is 85.5 Å². The van der Waals surface area contributed by atoms with Crippen LogP contribution < -0.4 is 0 Å². The van der Waals surface area contributed by atoms with E-state index in [1.807, 2.05) is 6.08 Å². The molecular weight excluding hydrogens is 614 g/mol. The van der Waals surface area contributed by atoms with Crippen molar-refractivity contribution in [3.8, 4) is 0 Å². The molecule has 4 saturated heterocycles. The number of benzene rings is 1. The molecular formula is C42H55NO6. The highest BCUT2D eigenvalue weighted by Crippen LogP contribution is 2.75. The molecule has 1 aromatic heterocycles. The lowest BCUT2D eigenvalue weighted by Crippen LogP contribution is -2.77. The Hall–Kier alpha value is -2.00. The quantitative estimate of drug-likeness (QED) is 0.242. The first-order valence-electron chi connectivity index (χ1n) is 19.0. The average molecular weight is 670 g/mol. The van der Waals surface area contributed by atoms with Gasteiger partial charge in [0.1, 0.15) is 23.9 Å². The Morgan fingerprint density at radius 1 is 0.878 bits per heavy atom. The van der Waals surface area contributed by atoms with Gasteiger partial charge in [-0.05, 0) is 134 Å². The number of nitrogens with one attached hydrogen (secondary N) is 1. The fourth-order valence-corrected chi connectivity index (χ4v) is 13.1. The van der Waals surface area contributed by atoms with E-state index in [1.165, 1.54) is 38.9 Å². The molecule has 6 fully saturated rings. The Labute approximate surface area is 291 Å². The molecule has 7 heteroatoms. The average Bonchev–Trinajstić information content (AvgIpc) is 3.51. The normalized spacial score (nSPS) is 47.3. The maximum absolute atomic E-state index is 13.5. The summed E-state index contributed by atoms with van der Waals surface area (Å²) in [6.45, 7) is 22.2. The van der Waals surface area contributed by atoms with Gasteiger partial charge in [0, 0.05) is 33.3 Å². The number of ether oxygens (including phenoxy) is 5. The zero-order chi connectivity index (χ0) is 34.5. The summed E-state index contributed by atoms with van der Waals surface area (Å²) in [5, 5.41) is 14.9. The molecule has 10 rings (SSSR count). The third kappa shape index (κ3) is 3.57. The van der Waals surface area contributed by atoms with Crippen molar-refractivity contribution in [3.05, 3.63) is 51.7 Å². The number of allylic oxidation sites excluding steroid dienone is 1. The van der Waals surface area contributed by atoms with Gasteiger partial charge in [0.2, 0.25) is 0 Å². The molecule has 11 atom stereocenters. The van der Waals surface area contributed by atoms with Crippen LogP contribution in [-0.2, 0) is 41.9 Å². The van der Waals surface area contributed by atoms with Crippen molar-refractivity contribution in [2.24, 2.45) is 17.3 Å². The smallest absolute Gasteiger partial charge is 0.178 e. The van der Waals surface area contributed by atoms with Crippen molar-refractivity contribution in [3.63, 3.8) is 0 Å². The molecule has 264 valence electrons.